The Morgan fingerprint density at radius 3 is 2.44 bits per heavy atom. The normalized spacial score (nSPS) is 25.7. The molecule has 230 valence electrons. The van der Waals surface area contributed by atoms with Crippen LogP contribution in [0.2, 0.25) is 0 Å². The zero-order chi connectivity index (χ0) is 31.3. The van der Waals surface area contributed by atoms with Crippen LogP contribution >= 0.6 is 0 Å². The number of ether oxygens (including phenoxy) is 3. The minimum absolute atomic E-state index is 0.00754. The van der Waals surface area contributed by atoms with E-state index in [1.165, 1.54) is 38.2 Å². The highest BCUT2D eigenvalue weighted by molar-refractivity contribution is 6.55. The van der Waals surface area contributed by atoms with Crippen molar-refractivity contribution in [3.05, 3.63) is 35.9 Å². The Labute approximate surface area is 246 Å². The highest BCUT2D eigenvalue weighted by atomic mass is 16.7. The van der Waals surface area contributed by atoms with Gasteiger partial charge in [0, 0.05) is 38.1 Å². The first-order valence-electron chi connectivity index (χ1n) is 13.7. The van der Waals surface area contributed by atoms with Gasteiger partial charge in [-0.3, -0.25) is 33.7 Å². The summed E-state index contributed by atoms with van der Waals surface area (Å²) < 4.78 is 16.0. The van der Waals surface area contributed by atoms with Gasteiger partial charge in [0.05, 0.1) is 5.69 Å². The largest absolute Gasteiger partial charge is 0.469 e. The van der Waals surface area contributed by atoms with Crippen molar-refractivity contribution < 1.29 is 58.3 Å². The smallest absolute Gasteiger partial charge is 0.253 e. The first-order valence-corrected chi connectivity index (χ1v) is 13.7. The summed E-state index contributed by atoms with van der Waals surface area (Å²) in [6, 6.07) is 4.38. The number of carbonyl (C=O) groups excluding carboxylic acids is 6. The topological polar surface area (TPSA) is 218 Å². The van der Waals surface area contributed by atoms with E-state index in [1.54, 1.807) is 0 Å². The molecule has 5 N–H and O–H groups in total. The highest BCUT2D eigenvalue weighted by Crippen LogP contribution is 2.45. The molecule has 4 amide bonds. The zero-order valence-electron chi connectivity index (χ0n) is 23.3. The number of imide groups is 1. The van der Waals surface area contributed by atoms with Gasteiger partial charge < -0.3 is 40.2 Å². The van der Waals surface area contributed by atoms with Crippen LogP contribution < -0.4 is 15.4 Å². The molecule has 1 saturated heterocycles. The third kappa shape index (κ3) is 7.46. The van der Waals surface area contributed by atoms with E-state index in [-0.39, 0.29) is 61.7 Å². The van der Waals surface area contributed by atoms with Crippen molar-refractivity contribution >= 4 is 48.8 Å². The first-order chi connectivity index (χ1) is 20.4. The Kier molecular flexibility index (Phi) is 9.96. The Balaban J connectivity index is 1.25. The van der Waals surface area contributed by atoms with Crippen molar-refractivity contribution in [1.82, 2.24) is 10.2 Å². The number of hydrogen-bond acceptors (Lipinski definition) is 12. The third-order valence-electron chi connectivity index (χ3n) is 7.14. The van der Waals surface area contributed by atoms with Crippen LogP contribution in [0.5, 0.6) is 5.75 Å². The molecule has 1 aliphatic carbocycles. The Morgan fingerprint density at radius 1 is 1.02 bits per heavy atom. The number of ketones is 1. The van der Waals surface area contributed by atoms with Crippen molar-refractivity contribution in [2.75, 3.05) is 18.4 Å². The molecule has 1 saturated carbocycles. The number of nitrogens with one attached hydrogen (secondary N) is 2. The van der Waals surface area contributed by atoms with Crippen molar-refractivity contribution in [3.8, 4) is 5.75 Å². The van der Waals surface area contributed by atoms with Gasteiger partial charge in [0.15, 0.2) is 11.7 Å². The van der Waals surface area contributed by atoms with Gasteiger partial charge >= 0.3 is 0 Å². The molecule has 5 unspecified atom stereocenters. The molecule has 3 aliphatic rings. The lowest BCUT2D eigenvalue weighted by atomic mass is 10.0. The van der Waals surface area contributed by atoms with Crippen molar-refractivity contribution in [2.24, 2.45) is 0 Å². The Bertz CT molecular complexity index is 1320. The molecule has 2 aliphatic heterocycles. The van der Waals surface area contributed by atoms with Gasteiger partial charge in [0.2, 0.25) is 37.6 Å². The number of Topliss-reactive ketones (excluding diaryl/α,β-unsaturated/α-hetero) is 1. The van der Waals surface area contributed by atoms with E-state index in [0.29, 0.717) is 24.8 Å². The molecule has 0 spiro atoms. The standard InChI is InChI=1S/C27H32BN3O12/c28-26(39)41-13-14-5-6-16(42-25-21(36)22(37)27(40)23(38)24(27)43-25)15(12-14)30-18(33)9-10-29-17(32)4-2-1-3-11-31-19(34)7-8-20(31)35/h5-8,12,21-22,24-25,36-37,40H,1-4,9-11,13,28H2,(H,29,32)(H,30,33). The zero-order valence-corrected chi connectivity index (χ0v) is 23.3. The monoisotopic (exact) mass is 601 g/mol. The van der Waals surface area contributed by atoms with E-state index in [4.69, 9.17) is 14.2 Å². The molecule has 16 heteroatoms. The lowest BCUT2D eigenvalue weighted by Gasteiger charge is -2.33. The van der Waals surface area contributed by atoms with Gasteiger partial charge in [-0.15, -0.1) is 0 Å². The number of nitrogens with zero attached hydrogens (tertiary/aromatic N) is 1. The molecule has 2 fully saturated rings. The van der Waals surface area contributed by atoms with E-state index >= 15 is 0 Å². The van der Waals surface area contributed by atoms with Crippen molar-refractivity contribution in [2.45, 2.75) is 68.9 Å². The summed E-state index contributed by atoms with van der Waals surface area (Å²) in [5, 5.41) is 35.9. The molecular weight excluding hydrogens is 569 g/mol. The van der Waals surface area contributed by atoms with E-state index < -0.39 is 47.8 Å². The molecule has 0 bridgehead atoms. The quantitative estimate of drug-likeness (QED) is 0.0891. The fraction of sp³-hybridized carbons (Fsp3) is 0.481. The lowest BCUT2D eigenvalue weighted by molar-refractivity contribution is -0.243. The number of hydrogen-bond donors (Lipinski definition) is 5. The number of anilines is 1. The van der Waals surface area contributed by atoms with Gasteiger partial charge in [-0.05, 0) is 30.5 Å². The molecule has 0 radical (unpaired) electrons. The highest BCUT2D eigenvalue weighted by Gasteiger charge is 2.76. The van der Waals surface area contributed by atoms with E-state index in [2.05, 4.69) is 10.6 Å². The fourth-order valence-corrected chi connectivity index (χ4v) is 4.65. The fourth-order valence-electron chi connectivity index (χ4n) is 4.65. The van der Waals surface area contributed by atoms with Crippen LogP contribution in [0.25, 0.3) is 0 Å². The van der Waals surface area contributed by atoms with Gasteiger partial charge in [-0.1, -0.05) is 12.5 Å². The number of benzene rings is 1. The predicted octanol–water partition coefficient (Wildman–Crippen LogP) is -1.97. The predicted molar refractivity (Wildman–Crippen MR) is 147 cm³/mol. The summed E-state index contributed by atoms with van der Waals surface area (Å²) >= 11 is 0. The SMILES string of the molecule is BC(=O)OCc1ccc(OC2OC3C(=O)C3(O)C(O)C2O)c(NC(=O)CCNC(=O)CCCCCN2C(=O)C=CC2=O)c1. The maximum atomic E-state index is 12.7. The van der Waals surface area contributed by atoms with Gasteiger partial charge in [-0.25, -0.2) is 0 Å². The van der Waals surface area contributed by atoms with E-state index in [0.717, 1.165) is 4.90 Å². The molecule has 0 aromatic heterocycles. The summed E-state index contributed by atoms with van der Waals surface area (Å²) in [5.74, 6) is -2.79. The molecule has 1 aromatic carbocycles. The number of rotatable bonds is 14. The van der Waals surface area contributed by atoms with Crippen LogP contribution in [-0.2, 0) is 40.1 Å². The molecule has 15 nitrogen and oxygen atoms in total. The second kappa shape index (κ2) is 13.5. The molecule has 1 aromatic rings. The average molecular weight is 601 g/mol. The lowest BCUT2D eigenvalue weighted by Crippen LogP contribution is -2.55. The Morgan fingerprint density at radius 2 is 1.74 bits per heavy atom. The second-order valence-electron chi connectivity index (χ2n) is 10.4. The van der Waals surface area contributed by atoms with Crippen LogP contribution in [0, 0.1) is 0 Å². The first kappa shape index (κ1) is 31.8. The van der Waals surface area contributed by atoms with Crippen LogP contribution in [0.3, 0.4) is 0 Å². The summed E-state index contributed by atoms with van der Waals surface area (Å²) in [4.78, 5) is 72.1. The number of fused-ring (bicyclic) bond motifs is 1. The molecular formula is C27H32BN3O12. The van der Waals surface area contributed by atoms with Crippen molar-refractivity contribution in [3.63, 3.8) is 0 Å². The second-order valence-corrected chi connectivity index (χ2v) is 10.4. The van der Waals surface area contributed by atoms with Crippen LogP contribution in [0.4, 0.5) is 10.5 Å². The number of aliphatic hydroxyl groups is 3. The van der Waals surface area contributed by atoms with Crippen LogP contribution in [0.1, 0.15) is 37.7 Å². The number of carbonyl (C=O) groups is 6. The van der Waals surface area contributed by atoms with Crippen LogP contribution in [0.15, 0.2) is 30.4 Å². The molecule has 2 heterocycles. The molecule has 43 heavy (non-hydrogen) atoms. The summed E-state index contributed by atoms with van der Waals surface area (Å²) in [6.07, 6.45) is -2.29. The maximum Gasteiger partial charge on any atom is 0.253 e. The number of unbranched alkanes of at least 4 members (excludes halogenated alkanes) is 2. The van der Waals surface area contributed by atoms with Gasteiger partial charge in [0.25, 0.3) is 11.8 Å². The maximum absolute atomic E-state index is 12.7. The summed E-state index contributed by atoms with van der Waals surface area (Å²) in [6.45, 7) is 0.198. The molecule has 4 rings (SSSR count). The van der Waals surface area contributed by atoms with E-state index in [9.17, 15) is 44.1 Å². The molecule has 5 atom stereocenters. The average Bonchev–Trinajstić information content (AvgIpc) is 3.34. The minimum atomic E-state index is -2.19. The van der Waals surface area contributed by atoms with E-state index in [1.807, 2.05) is 0 Å². The van der Waals surface area contributed by atoms with Gasteiger partial charge in [-0.2, -0.15) is 0 Å². The summed E-state index contributed by atoms with van der Waals surface area (Å²) in [5.41, 5.74) is -1.61. The third-order valence-corrected chi connectivity index (χ3v) is 7.14. The minimum Gasteiger partial charge on any atom is -0.469 e. The van der Waals surface area contributed by atoms with Crippen LogP contribution in [-0.4, -0.2) is 107 Å². The summed E-state index contributed by atoms with van der Waals surface area (Å²) in [7, 11) is 1.23. The number of aliphatic hydroxyl groups excluding tert-OH is 2. The van der Waals surface area contributed by atoms with Crippen molar-refractivity contribution in [1.29, 1.82) is 0 Å². The Hall–Kier alpha value is -4.12. The van der Waals surface area contributed by atoms with Gasteiger partial charge in [0.1, 0.15) is 24.6 Å². The number of amides is 4.